The Morgan fingerprint density at radius 1 is 1.25 bits per heavy atom. The molecule has 1 aliphatic heterocycles. The number of methoxy groups -OCH3 is 1. The van der Waals surface area contributed by atoms with Crippen LogP contribution in [0.4, 0.5) is 5.69 Å². The van der Waals surface area contributed by atoms with Gasteiger partial charge < -0.3 is 14.9 Å². The smallest absolute Gasteiger partial charge is 0.335 e. The zero-order chi connectivity index (χ0) is 20.6. The van der Waals surface area contributed by atoms with Crippen LogP contribution < -0.4 is 14.9 Å². The standard InChI is InChI=1S/C19H14Br2N2O5/c1-9-13(7-11-8-14(28-2)17(24)16(21)15(11)20)18(25)23(22-9)12-5-3-10(4-6-12)19(26)27/h3-8,24H,1-2H3,(H,26,27)/p-1/b13-7+. The Morgan fingerprint density at radius 2 is 1.89 bits per heavy atom. The van der Waals surface area contributed by atoms with Gasteiger partial charge in [0, 0.05) is 8.95 Å². The molecule has 9 heteroatoms. The Bertz CT molecular complexity index is 1050. The van der Waals surface area contributed by atoms with E-state index < -0.39 is 5.97 Å². The molecule has 0 aliphatic carbocycles. The number of anilines is 1. The maximum Gasteiger partial charge on any atom is 0.335 e. The molecule has 0 saturated heterocycles. The number of hydrogen-bond donors (Lipinski definition) is 1. The molecule has 0 atom stereocenters. The molecule has 1 heterocycles. The first-order chi connectivity index (χ1) is 13.2. The largest absolute Gasteiger partial charge is 0.869 e. The molecule has 0 unspecified atom stereocenters. The molecule has 0 radical (unpaired) electrons. The normalized spacial score (nSPS) is 15.1. The lowest BCUT2D eigenvalue weighted by atomic mass is 10.1. The Kier molecular flexibility index (Phi) is 5.57. The number of halogens is 2. The number of carboxylic acid groups (broad SMARTS) is 1. The average molecular weight is 509 g/mol. The minimum atomic E-state index is -1.05. The molecule has 3 rings (SSSR count). The molecule has 1 N–H and O–H groups in total. The Morgan fingerprint density at radius 3 is 2.46 bits per heavy atom. The minimum Gasteiger partial charge on any atom is -0.869 e. The van der Waals surface area contributed by atoms with E-state index in [4.69, 9.17) is 9.84 Å². The van der Waals surface area contributed by atoms with Crippen molar-refractivity contribution < 1.29 is 24.5 Å². The van der Waals surface area contributed by atoms with Gasteiger partial charge in [0.1, 0.15) is 5.75 Å². The summed E-state index contributed by atoms with van der Waals surface area (Å²) in [7, 11) is 1.39. The number of amides is 1. The van der Waals surface area contributed by atoms with Crippen LogP contribution in [0.5, 0.6) is 11.5 Å². The molecule has 0 aromatic heterocycles. The fourth-order valence-corrected chi connectivity index (χ4v) is 3.45. The molecule has 144 valence electrons. The molecule has 0 bridgehead atoms. The van der Waals surface area contributed by atoms with Gasteiger partial charge in [0.15, 0.2) is 0 Å². The lowest BCUT2D eigenvalue weighted by Crippen LogP contribution is -2.21. The van der Waals surface area contributed by atoms with Crippen molar-refractivity contribution in [3.63, 3.8) is 0 Å². The number of ether oxygens (including phenoxy) is 1. The second-order valence-electron chi connectivity index (χ2n) is 5.84. The van der Waals surface area contributed by atoms with Crippen LogP contribution in [-0.4, -0.2) is 29.8 Å². The van der Waals surface area contributed by atoms with Gasteiger partial charge in [-0.15, -0.1) is 0 Å². The number of hydrogen-bond acceptors (Lipinski definition) is 5. The van der Waals surface area contributed by atoms with E-state index in [0.29, 0.717) is 31.5 Å². The van der Waals surface area contributed by atoms with E-state index in [1.807, 2.05) is 0 Å². The van der Waals surface area contributed by atoms with Gasteiger partial charge in [-0.25, -0.2) is 4.79 Å². The number of carbonyl (C=O) groups excluding carboxylic acids is 1. The highest BCUT2D eigenvalue weighted by atomic mass is 79.9. The van der Waals surface area contributed by atoms with Gasteiger partial charge in [-0.3, -0.25) is 4.79 Å². The summed E-state index contributed by atoms with van der Waals surface area (Å²) in [5.74, 6) is -1.58. The van der Waals surface area contributed by atoms with Crippen LogP contribution in [0.15, 0.2) is 50.0 Å². The summed E-state index contributed by atoms with van der Waals surface area (Å²) in [6.07, 6.45) is 1.61. The predicted octanol–water partition coefficient (Wildman–Crippen LogP) is 3.80. The van der Waals surface area contributed by atoms with Gasteiger partial charge in [0.25, 0.3) is 5.91 Å². The van der Waals surface area contributed by atoms with E-state index in [2.05, 4.69) is 37.0 Å². The number of carboxylic acids is 1. The minimum absolute atomic E-state index is 0.116. The van der Waals surface area contributed by atoms with Gasteiger partial charge in [-0.1, -0.05) is 15.9 Å². The van der Waals surface area contributed by atoms with Crippen molar-refractivity contribution in [1.82, 2.24) is 0 Å². The molecule has 0 saturated carbocycles. The molecule has 2 aromatic carbocycles. The Balaban J connectivity index is 1.99. The highest BCUT2D eigenvalue weighted by Crippen LogP contribution is 2.41. The molecule has 1 amide bonds. The van der Waals surface area contributed by atoms with E-state index in [0.717, 1.165) is 0 Å². The number of aromatic carboxylic acids is 1. The SMILES string of the molecule is COc1cc(/C=C2/C(=O)N(c3ccc(C(=O)O)cc3)N=C2C)c(Br)c(Br)c1[O-]. The fourth-order valence-electron chi connectivity index (χ4n) is 2.62. The topological polar surface area (TPSA) is 102 Å². The van der Waals surface area contributed by atoms with Gasteiger partial charge in [0.2, 0.25) is 0 Å². The van der Waals surface area contributed by atoms with Crippen LogP contribution in [0.1, 0.15) is 22.8 Å². The summed E-state index contributed by atoms with van der Waals surface area (Å²) in [5.41, 5.74) is 1.97. The number of hydrazone groups is 1. The van der Waals surface area contributed by atoms with Crippen LogP contribution in [-0.2, 0) is 4.79 Å². The first kappa shape index (κ1) is 20.1. The molecule has 0 fully saturated rings. The van der Waals surface area contributed by atoms with E-state index in [1.165, 1.54) is 42.5 Å². The Hall–Kier alpha value is -2.65. The maximum atomic E-state index is 12.9. The van der Waals surface area contributed by atoms with Gasteiger partial charge in [0.05, 0.1) is 29.6 Å². The summed E-state index contributed by atoms with van der Waals surface area (Å²) in [5, 5.41) is 26.6. The molecule has 7 nitrogen and oxygen atoms in total. The second kappa shape index (κ2) is 7.76. The monoisotopic (exact) mass is 507 g/mol. The van der Waals surface area contributed by atoms with Crippen molar-refractivity contribution >= 4 is 61.2 Å². The van der Waals surface area contributed by atoms with Crippen molar-refractivity contribution in [2.24, 2.45) is 5.10 Å². The van der Waals surface area contributed by atoms with E-state index >= 15 is 0 Å². The van der Waals surface area contributed by atoms with Gasteiger partial charge in [-0.05, 0) is 70.6 Å². The van der Waals surface area contributed by atoms with Crippen molar-refractivity contribution in [2.75, 3.05) is 12.1 Å². The van der Waals surface area contributed by atoms with E-state index in [1.54, 1.807) is 13.0 Å². The highest BCUT2D eigenvalue weighted by Gasteiger charge is 2.29. The predicted molar refractivity (Wildman–Crippen MR) is 110 cm³/mol. The number of nitrogens with zero attached hydrogens (tertiary/aromatic N) is 2. The van der Waals surface area contributed by atoms with Crippen molar-refractivity contribution in [1.29, 1.82) is 0 Å². The van der Waals surface area contributed by atoms with Crippen LogP contribution >= 0.6 is 31.9 Å². The third-order valence-electron chi connectivity index (χ3n) is 4.10. The average Bonchev–Trinajstić information content (AvgIpc) is 2.96. The third-order valence-corrected chi connectivity index (χ3v) is 6.24. The second-order valence-corrected chi connectivity index (χ2v) is 7.42. The number of carbonyl (C=O) groups is 2. The van der Waals surface area contributed by atoms with Crippen LogP contribution in [0.25, 0.3) is 6.08 Å². The molecule has 2 aromatic rings. The summed E-state index contributed by atoms with van der Waals surface area (Å²) < 4.78 is 5.88. The summed E-state index contributed by atoms with van der Waals surface area (Å²) in [6, 6.07) is 7.38. The molecular formula is C19H13Br2N2O5-. The van der Waals surface area contributed by atoms with Crippen molar-refractivity contribution in [3.8, 4) is 11.5 Å². The number of benzene rings is 2. The van der Waals surface area contributed by atoms with Crippen LogP contribution in [0.3, 0.4) is 0 Å². The summed E-state index contributed by atoms with van der Waals surface area (Å²) >= 11 is 6.58. The molecule has 0 spiro atoms. The summed E-state index contributed by atoms with van der Waals surface area (Å²) in [6.45, 7) is 1.69. The van der Waals surface area contributed by atoms with Crippen molar-refractivity contribution in [3.05, 3.63) is 56.0 Å². The molecular weight excluding hydrogens is 496 g/mol. The zero-order valence-corrected chi connectivity index (χ0v) is 17.9. The van der Waals surface area contributed by atoms with E-state index in [9.17, 15) is 14.7 Å². The van der Waals surface area contributed by atoms with E-state index in [-0.39, 0.29) is 23.0 Å². The summed E-state index contributed by atoms with van der Waals surface area (Å²) in [4.78, 5) is 23.8. The first-order valence-electron chi connectivity index (χ1n) is 7.92. The third kappa shape index (κ3) is 3.55. The molecule has 1 aliphatic rings. The number of rotatable bonds is 4. The first-order valence-corrected chi connectivity index (χ1v) is 9.51. The quantitative estimate of drug-likeness (QED) is 0.633. The lowest BCUT2D eigenvalue weighted by molar-refractivity contribution is -0.271. The Labute approximate surface area is 177 Å². The molecule has 28 heavy (non-hydrogen) atoms. The van der Waals surface area contributed by atoms with Gasteiger partial charge in [-0.2, -0.15) is 10.1 Å². The van der Waals surface area contributed by atoms with Crippen LogP contribution in [0, 0.1) is 0 Å². The van der Waals surface area contributed by atoms with Gasteiger partial charge >= 0.3 is 5.97 Å². The lowest BCUT2D eigenvalue weighted by Gasteiger charge is -2.17. The maximum absolute atomic E-state index is 12.9. The fraction of sp³-hybridized carbons (Fsp3) is 0.105. The van der Waals surface area contributed by atoms with Crippen LogP contribution in [0.2, 0.25) is 0 Å². The zero-order valence-electron chi connectivity index (χ0n) is 14.7. The highest BCUT2D eigenvalue weighted by molar-refractivity contribution is 9.13. The van der Waals surface area contributed by atoms with Crippen molar-refractivity contribution in [2.45, 2.75) is 6.92 Å².